The molecular weight excluding hydrogens is 805 g/mol. The van der Waals surface area contributed by atoms with Gasteiger partial charge in [-0.2, -0.15) is 0 Å². The van der Waals surface area contributed by atoms with Crippen LogP contribution in [0.3, 0.4) is 0 Å². The summed E-state index contributed by atoms with van der Waals surface area (Å²) in [4.78, 5) is 0. The summed E-state index contributed by atoms with van der Waals surface area (Å²) in [6.07, 6.45) is 0. The fourth-order valence-corrected chi connectivity index (χ4v) is 13.3. The van der Waals surface area contributed by atoms with E-state index in [4.69, 9.17) is 0 Å². The van der Waals surface area contributed by atoms with E-state index in [1.807, 2.05) is 0 Å². The van der Waals surface area contributed by atoms with Gasteiger partial charge in [-0.3, -0.25) is 0 Å². The monoisotopic (exact) mass is 854 g/mol. The predicted octanol–water partition coefficient (Wildman–Crippen LogP) is 18.2. The average molecular weight is 855 g/mol. The van der Waals surface area contributed by atoms with Crippen molar-refractivity contribution < 1.29 is 0 Å². The molecule has 0 aliphatic heterocycles. The Morgan fingerprint density at radius 3 is 1.00 bits per heavy atom. The van der Waals surface area contributed by atoms with Gasteiger partial charge in [0.1, 0.15) is 0 Å². The Balaban J connectivity index is 1.00. The SMILES string of the molecule is CC1(C)c2ccccc2-c2ccc(-c3cc4c(c5ccccc35)-c3c(cc(-c5cc6c(c7ccccc57)-c5c(cc(-c7ccccc7)c7ccccc57)C6(C)C)c5ccccc35)C4(C)C)cc21. The van der Waals surface area contributed by atoms with E-state index in [0.29, 0.717) is 0 Å². The second-order valence-corrected chi connectivity index (χ2v) is 21.1. The Morgan fingerprint density at radius 1 is 0.209 bits per heavy atom. The van der Waals surface area contributed by atoms with Crippen molar-refractivity contribution in [1.82, 2.24) is 0 Å². The highest BCUT2D eigenvalue weighted by atomic mass is 14.4. The maximum absolute atomic E-state index is 2.59. The van der Waals surface area contributed by atoms with Crippen molar-refractivity contribution in [3.05, 3.63) is 228 Å². The molecule has 67 heavy (non-hydrogen) atoms. The quantitative estimate of drug-likeness (QED) is 0.166. The molecule has 11 aromatic rings. The van der Waals surface area contributed by atoms with Crippen molar-refractivity contribution in [2.45, 2.75) is 57.8 Å². The maximum atomic E-state index is 2.59. The predicted molar refractivity (Wildman–Crippen MR) is 285 cm³/mol. The third-order valence-corrected chi connectivity index (χ3v) is 16.6. The minimum Gasteiger partial charge on any atom is -0.0622 e. The topological polar surface area (TPSA) is 0 Å². The molecule has 0 spiro atoms. The van der Waals surface area contributed by atoms with Crippen LogP contribution in [0, 0.1) is 0 Å². The summed E-state index contributed by atoms with van der Waals surface area (Å²) in [5, 5.41) is 10.5. The molecule has 0 saturated heterocycles. The molecule has 0 bridgehead atoms. The summed E-state index contributed by atoms with van der Waals surface area (Å²) in [6, 6.07) is 74.1. The Labute approximate surface area is 393 Å². The van der Waals surface area contributed by atoms with Crippen LogP contribution in [0.2, 0.25) is 0 Å². The first-order valence-corrected chi connectivity index (χ1v) is 24.1. The van der Waals surface area contributed by atoms with E-state index in [9.17, 15) is 0 Å². The third-order valence-electron chi connectivity index (χ3n) is 16.6. The van der Waals surface area contributed by atoms with Gasteiger partial charge in [0, 0.05) is 16.2 Å². The van der Waals surface area contributed by atoms with Crippen molar-refractivity contribution >= 4 is 43.1 Å². The summed E-state index contributed by atoms with van der Waals surface area (Å²) < 4.78 is 0. The van der Waals surface area contributed by atoms with Gasteiger partial charge in [-0.1, -0.05) is 205 Å². The van der Waals surface area contributed by atoms with Crippen LogP contribution in [-0.4, -0.2) is 0 Å². The lowest BCUT2D eigenvalue weighted by molar-refractivity contribution is 0.660. The van der Waals surface area contributed by atoms with Crippen LogP contribution in [0.15, 0.2) is 194 Å². The summed E-state index contributed by atoms with van der Waals surface area (Å²) in [6.45, 7) is 14.6. The normalized spacial score (nSPS) is 15.4. The lowest BCUT2D eigenvalue weighted by Crippen LogP contribution is -2.16. The number of hydrogen-bond donors (Lipinski definition) is 0. The molecular formula is C67H50. The van der Waals surface area contributed by atoms with Crippen LogP contribution in [-0.2, 0) is 16.2 Å². The first-order chi connectivity index (χ1) is 32.5. The lowest BCUT2D eigenvalue weighted by atomic mass is 9.77. The molecule has 0 nitrogen and oxygen atoms in total. The van der Waals surface area contributed by atoms with Gasteiger partial charge < -0.3 is 0 Å². The number of hydrogen-bond acceptors (Lipinski definition) is 0. The first-order valence-electron chi connectivity index (χ1n) is 24.1. The number of benzene rings is 11. The first kappa shape index (κ1) is 38.7. The van der Waals surface area contributed by atoms with E-state index < -0.39 is 0 Å². The maximum Gasteiger partial charge on any atom is 0.0159 e. The molecule has 3 aliphatic rings. The molecule has 0 fully saturated rings. The minimum absolute atomic E-state index is 0.0715. The highest BCUT2D eigenvalue weighted by Crippen LogP contribution is 2.60. The van der Waals surface area contributed by atoms with Gasteiger partial charge in [-0.05, 0) is 174 Å². The zero-order chi connectivity index (χ0) is 45.1. The molecule has 0 aromatic heterocycles. The molecule has 0 saturated carbocycles. The van der Waals surface area contributed by atoms with Crippen molar-refractivity contribution in [2.75, 3.05) is 0 Å². The van der Waals surface area contributed by atoms with Crippen LogP contribution >= 0.6 is 0 Å². The summed E-state index contributed by atoms with van der Waals surface area (Å²) in [7, 11) is 0. The fourth-order valence-electron chi connectivity index (χ4n) is 13.3. The van der Waals surface area contributed by atoms with E-state index in [1.165, 1.54) is 143 Å². The van der Waals surface area contributed by atoms with Crippen LogP contribution < -0.4 is 0 Å². The fraction of sp³-hybridized carbons (Fsp3) is 0.134. The molecule has 318 valence electrons. The number of rotatable bonds is 3. The van der Waals surface area contributed by atoms with Gasteiger partial charge >= 0.3 is 0 Å². The van der Waals surface area contributed by atoms with Crippen molar-refractivity contribution in [2.24, 2.45) is 0 Å². The Bertz CT molecular complexity index is 3990. The lowest BCUT2D eigenvalue weighted by Gasteiger charge is -2.26. The van der Waals surface area contributed by atoms with Gasteiger partial charge in [0.15, 0.2) is 0 Å². The van der Waals surface area contributed by atoms with E-state index in [-0.39, 0.29) is 16.2 Å². The van der Waals surface area contributed by atoms with Gasteiger partial charge in [0.2, 0.25) is 0 Å². The summed E-state index contributed by atoms with van der Waals surface area (Å²) in [5.41, 5.74) is 23.9. The average Bonchev–Trinajstić information content (AvgIpc) is 3.85. The molecule has 0 unspecified atom stereocenters. The van der Waals surface area contributed by atoms with Gasteiger partial charge in [-0.25, -0.2) is 0 Å². The van der Waals surface area contributed by atoms with Crippen LogP contribution in [0.1, 0.15) is 74.9 Å². The van der Waals surface area contributed by atoms with E-state index in [2.05, 4.69) is 236 Å². The van der Waals surface area contributed by atoms with Gasteiger partial charge in [0.05, 0.1) is 0 Å². The number of fused-ring (bicyclic) bond motifs is 17. The zero-order valence-corrected chi connectivity index (χ0v) is 39.0. The molecule has 0 heteroatoms. The Kier molecular flexibility index (Phi) is 7.68. The van der Waals surface area contributed by atoms with Crippen molar-refractivity contribution in [3.8, 4) is 66.8 Å². The molecule has 14 rings (SSSR count). The van der Waals surface area contributed by atoms with Gasteiger partial charge in [0.25, 0.3) is 0 Å². The molecule has 11 aromatic carbocycles. The molecule has 0 amide bonds. The second kappa shape index (κ2) is 13.3. The third kappa shape index (κ3) is 5.03. The molecule has 0 radical (unpaired) electrons. The van der Waals surface area contributed by atoms with Crippen LogP contribution in [0.25, 0.3) is 110 Å². The smallest absolute Gasteiger partial charge is 0.0159 e. The van der Waals surface area contributed by atoms with Crippen LogP contribution in [0.4, 0.5) is 0 Å². The van der Waals surface area contributed by atoms with E-state index in [0.717, 1.165) is 0 Å². The second-order valence-electron chi connectivity index (χ2n) is 21.1. The summed E-state index contributed by atoms with van der Waals surface area (Å²) >= 11 is 0. The molecule has 0 heterocycles. The largest absolute Gasteiger partial charge is 0.0622 e. The Morgan fingerprint density at radius 2 is 0.537 bits per heavy atom. The van der Waals surface area contributed by atoms with Crippen molar-refractivity contribution in [1.29, 1.82) is 0 Å². The molecule has 0 atom stereocenters. The van der Waals surface area contributed by atoms with E-state index in [1.54, 1.807) is 0 Å². The standard InChI is InChI=1S/C67H50/c1-65(2)55-31-19-18-26-45(55)46-33-32-40(34-56(46)65)52-36-58-62(48-28-15-11-23-42(48)52)64-50-30-17-13-25-44(50)54(38-60(64)67(58,5)6)53-37-59-63(49-29-16-12-24-43(49)53)61-47-27-14-10-22-41(47)51(35-57(61)66(59,3)4)39-20-8-7-9-21-39/h7-38H,1-6H3. The highest BCUT2D eigenvalue weighted by molar-refractivity contribution is 6.21. The zero-order valence-electron chi connectivity index (χ0n) is 39.0. The Hall–Kier alpha value is -7.54. The van der Waals surface area contributed by atoms with Crippen LogP contribution in [0.5, 0.6) is 0 Å². The highest BCUT2D eigenvalue weighted by Gasteiger charge is 2.42. The van der Waals surface area contributed by atoms with E-state index >= 15 is 0 Å². The van der Waals surface area contributed by atoms with Crippen molar-refractivity contribution in [3.63, 3.8) is 0 Å². The minimum atomic E-state index is -0.261. The summed E-state index contributed by atoms with van der Waals surface area (Å²) in [5.74, 6) is 0. The molecule has 3 aliphatic carbocycles. The van der Waals surface area contributed by atoms with Gasteiger partial charge in [-0.15, -0.1) is 0 Å². The molecule has 0 N–H and O–H groups in total.